The normalized spacial score (nSPS) is 14.2. The molecule has 0 radical (unpaired) electrons. The lowest BCUT2D eigenvalue weighted by molar-refractivity contribution is -0.113. The zero-order chi connectivity index (χ0) is 20.1. The standard InChI is InChI=1S/C22H24N4O2S/c1-2-16-7-3-6-10-19(16)23-20(27)15-29-22-18-9-5-4-8-17(18)21(24-25-22)26-11-13-28-14-12-26/h3-10H,2,11-15H2,1H3,(H,23,27). The number of aromatic nitrogens is 2. The maximum Gasteiger partial charge on any atom is 0.234 e. The summed E-state index contributed by atoms with van der Waals surface area (Å²) in [6.07, 6.45) is 0.878. The van der Waals surface area contributed by atoms with Gasteiger partial charge in [0.15, 0.2) is 5.82 Å². The lowest BCUT2D eigenvalue weighted by Crippen LogP contribution is -2.37. The molecule has 1 aromatic heterocycles. The molecule has 0 unspecified atom stereocenters. The third kappa shape index (κ3) is 4.52. The summed E-state index contributed by atoms with van der Waals surface area (Å²) < 4.78 is 5.45. The van der Waals surface area contributed by atoms with Crippen LogP contribution in [0.5, 0.6) is 0 Å². The molecule has 1 saturated heterocycles. The van der Waals surface area contributed by atoms with Gasteiger partial charge in [-0.3, -0.25) is 4.79 Å². The molecule has 1 aliphatic rings. The number of aryl methyl sites for hydroxylation is 1. The fourth-order valence-corrected chi connectivity index (χ4v) is 4.22. The molecule has 0 spiro atoms. The van der Waals surface area contributed by atoms with Gasteiger partial charge >= 0.3 is 0 Å². The average Bonchev–Trinajstić information content (AvgIpc) is 2.78. The van der Waals surface area contributed by atoms with Crippen LogP contribution in [0.3, 0.4) is 0 Å². The van der Waals surface area contributed by atoms with Crippen LogP contribution in [0.2, 0.25) is 0 Å². The van der Waals surface area contributed by atoms with Gasteiger partial charge < -0.3 is 15.0 Å². The minimum Gasteiger partial charge on any atom is -0.378 e. The Morgan fingerprint density at radius 3 is 2.59 bits per heavy atom. The molecule has 0 saturated carbocycles. The van der Waals surface area contributed by atoms with E-state index in [1.54, 1.807) is 0 Å². The van der Waals surface area contributed by atoms with Crippen LogP contribution in [0.4, 0.5) is 11.5 Å². The van der Waals surface area contributed by atoms with Crippen LogP contribution >= 0.6 is 11.8 Å². The molecule has 3 aromatic rings. The number of nitrogens with one attached hydrogen (secondary N) is 1. The van der Waals surface area contributed by atoms with Gasteiger partial charge in [-0.1, -0.05) is 61.2 Å². The van der Waals surface area contributed by atoms with E-state index >= 15 is 0 Å². The van der Waals surface area contributed by atoms with Crippen molar-refractivity contribution < 1.29 is 9.53 Å². The highest BCUT2D eigenvalue weighted by Gasteiger charge is 2.18. The fraction of sp³-hybridized carbons (Fsp3) is 0.318. The number of carbonyl (C=O) groups excluding carboxylic acids is 1. The van der Waals surface area contributed by atoms with Crippen molar-refractivity contribution in [3.8, 4) is 0 Å². The summed E-state index contributed by atoms with van der Waals surface area (Å²) in [4.78, 5) is 14.7. The maximum absolute atomic E-state index is 12.5. The van der Waals surface area contributed by atoms with Gasteiger partial charge in [-0.2, -0.15) is 0 Å². The first-order chi connectivity index (χ1) is 14.3. The quantitative estimate of drug-likeness (QED) is 0.627. The van der Waals surface area contributed by atoms with Gasteiger partial charge in [0, 0.05) is 29.5 Å². The monoisotopic (exact) mass is 408 g/mol. The highest BCUT2D eigenvalue weighted by Crippen LogP contribution is 2.31. The summed E-state index contributed by atoms with van der Waals surface area (Å²) in [6.45, 7) is 5.10. The van der Waals surface area contributed by atoms with E-state index in [0.29, 0.717) is 13.2 Å². The number of fused-ring (bicyclic) bond motifs is 1. The Bertz CT molecular complexity index is 1010. The molecule has 2 heterocycles. The number of hydrogen-bond donors (Lipinski definition) is 1. The second-order valence-corrected chi connectivity index (χ2v) is 7.79. The number of anilines is 2. The van der Waals surface area contributed by atoms with Gasteiger partial charge in [0.2, 0.25) is 5.91 Å². The predicted molar refractivity (Wildman–Crippen MR) is 118 cm³/mol. The molecular weight excluding hydrogens is 384 g/mol. The van der Waals surface area contributed by atoms with Gasteiger partial charge in [-0.15, -0.1) is 10.2 Å². The molecule has 0 atom stereocenters. The average molecular weight is 409 g/mol. The van der Waals surface area contributed by atoms with Crippen molar-refractivity contribution in [3.63, 3.8) is 0 Å². The molecule has 4 rings (SSSR count). The number of nitrogens with zero attached hydrogens (tertiary/aromatic N) is 3. The number of amides is 1. The predicted octanol–water partition coefficient (Wildman–Crippen LogP) is 3.76. The number of morpholine rings is 1. The molecule has 1 fully saturated rings. The third-order valence-electron chi connectivity index (χ3n) is 4.96. The Balaban J connectivity index is 1.50. The van der Waals surface area contributed by atoms with Crippen molar-refractivity contribution in [2.75, 3.05) is 42.3 Å². The van der Waals surface area contributed by atoms with Gasteiger partial charge in [-0.05, 0) is 18.1 Å². The van der Waals surface area contributed by atoms with Crippen LogP contribution in [0, 0.1) is 0 Å². The van der Waals surface area contributed by atoms with E-state index in [-0.39, 0.29) is 11.7 Å². The topological polar surface area (TPSA) is 67.4 Å². The zero-order valence-corrected chi connectivity index (χ0v) is 17.2. The molecule has 29 heavy (non-hydrogen) atoms. The molecule has 1 aliphatic heterocycles. The number of thioether (sulfide) groups is 1. The molecule has 150 valence electrons. The molecular formula is C22H24N4O2S. The van der Waals surface area contributed by atoms with Crippen LogP contribution in [-0.2, 0) is 16.0 Å². The fourth-order valence-electron chi connectivity index (χ4n) is 3.45. The Kier molecular flexibility index (Phi) is 6.27. The van der Waals surface area contributed by atoms with Crippen LogP contribution in [0.15, 0.2) is 53.6 Å². The van der Waals surface area contributed by atoms with Crippen molar-refractivity contribution in [1.29, 1.82) is 0 Å². The van der Waals surface area contributed by atoms with Crippen LogP contribution in [0.25, 0.3) is 10.8 Å². The van der Waals surface area contributed by atoms with E-state index in [1.807, 2.05) is 42.5 Å². The Morgan fingerprint density at radius 1 is 1.07 bits per heavy atom. The summed E-state index contributed by atoms with van der Waals surface area (Å²) >= 11 is 1.42. The van der Waals surface area contributed by atoms with E-state index in [4.69, 9.17) is 4.74 Å². The first-order valence-electron chi connectivity index (χ1n) is 9.85. The van der Waals surface area contributed by atoms with Gasteiger partial charge in [0.1, 0.15) is 5.03 Å². The molecule has 2 aromatic carbocycles. The highest BCUT2D eigenvalue weighted by atomic mass is 32.2. The largest absolute Gasteiger partial charge is 0.378 e. The maximum atomic E-state index is 12.5. The van der Waals surface area contributed by atoms with Crippen molar-refractivity contribution in [2.45, 2.75) is 18.4 Å². The summed E-state index contributed by atoms with van der Waals surface area (Å²) in [5.74, 6) is 1.13. The molecule has 6 nitrogen and oxygen atoms in total. The molecule has 1 N–H and O–H groups in total. The number of benzene rings is 2. The second-order valence-electron chi connectivity index (χ2n) is 6.82. The highest BCUT2D eigenvalue weighted by molar-refractivity contribution is 8.00. The summed E-state index contributed by atoms with van der Waals surface area (Å²) in [5, 5.41) is 14.8. The SMILES string of the molecule is CCc1ccccc1NC(=O)CSc1nnc(N2CCOCC2)c2ccccc12. The van der Waals surface area contributed by atoms with Crippen molar-refractivity contribution >= 4 is 39.9 Å². The Labute approximate surface area is 174 Å². The van der Waals surface area contributed by atoms with Crippen LogP contribution < -0.4 is 10.2 Å². The van der Waals surface area contributed by atoms with E-state index in [2.05, 4.69) is 33.4 Å². The number of rotatable bonds is 6. The van der Waals surface area contributed by atoms with Gasteiger partial charge in [0.25, 0.3) is 0 Å². The van der Waals surface area contributed by atoms with Gasteiger partial charge in [0.05, 0.1) is 19.0 Å². The second kappa shape index (κ2) is 9.24. The first kappa shape index (κ1) is 19.7. The summed E-state index contributed by atoms with van der Waals surface area (Å²) in [6, 6.07) is 16.0. The smallest absolute Gasteiger partial charge is 0.234 e. The van der Waals surface area contributed by atoms with Crippen molar-refractivity contribution in [1.82, 2.24) is 10.2 Å². The lowest BCUT2D eigenvalue weighted by Gasteiger charge is -2.28. The molecule has 0 aliphatic carbocycles. The van der Waals surface area contributed by atoms with E-state index in [1.165, 1.54) is 11.8 Å². The number of ether oxygens (including phenoxy) is 1. The first-order valence-corrected chi connectivity index (χ1v) is 10.8. The van der Waals surface area contributed by atoms with Gasteiger partial charge in [-0.25, -0.2) is 0 Å². The Hall–Kier alpha value is -2.64. The van der Waals surface area contributed by atoms with Crippen molar-refractivity contribution in [2.24, 2.45) is 0 Å². The van der Waals surface area contributed by atoms with Crippen molar-refractivity contribution in [3.05, 3.63) is 54.1 Å². The number of carbonyl (C=O) groups is 1. The minimum atomic E-state index is -0.0426. The number of para-hydroxylation sites is 1. The minimum absolute atomic E-state index is 0.0426. The summed E-state index contributed by atoms with van der Waals surface area (Å²) in [7, 11) is 0. The molecule has 0 bridgehead atoms. The molecule has 7 heteroatoms. The van der Waals surface area contributed by atoms with E-state index in [0.717, 1.165) is 52.4 Å². The zero-order valence-electron chi connectivity index (χ0n) is 16.4. The number of hydrogen-bond acceptors (Lipinski definition) is 6. The lowest BCUT2D eigenvalue weighted by atomic mass is 10.1. The third-order valence-corrected chi connectivity index (χ3v) is 5.94. The Morgan fingerprint density at radius 2 is 1.79 bits per heavy atom. The van der Waals surface area contributed by atoms with Crippen LogP contribution in [-0.4, -0.2) is 48.2 Å². The van der Waals surface area contributed by atoms with E-state index in [9.17, 15) is 4.79 Å². The van der Waals surface area contributed by atoms with Crippen LogP contribution in [0.1, 0.15) is 12.5 Å². The van der Waals surface area contributed by atoms with E-state index < -0.39 is 0 Å². The summed E-state index contributed by atoms with van der Waals surface area (Å²) in [5.41, 5.74) is 2.00. The molecule has 1 amide bonds.